The van der Waals surface area contributed by atoms with Crippen molar-refractivity contribution in [3.05, 3.63) is 59.7 Å². The summed E-state index contributed by atoms with van der Waals surface area (Å²) in [5, 5.41) is 17.1. The van der Waals surface area contributed by atoms with Gasteiger partial charge in [-0.3, -0.25) is 18.7 Å². The summed E-state index contributed by atoms with van der Waals surface area (Å²) in [4.78, 5) is 20.5. The van der Waals surface area contributed by atoms with Crippen LogP contribution in [-0.2, 0) is 42.7 Å². The summed E-state index contributed by atoms with van der Waals surface area (Å²) in [5.74, 6) is -2.25. The Morgan fingerprint density at radius 2 is 0.909 bits per heavy atom. The van der Waals surface area contributed by atoms with Gasteiger partial charge in [-0.1, -0.05) is 24.3 Å². The molecule has 0 unspecified atom stereocenters. The Kier molecular flexibility index (Phi) is 13.0. The number of hydrogen-bond acceptors (Lipinski definition) is 8. The topological polar surface area (TPSA) is 235 Å². The summed E-state index contributed by atoms with van der Waals surface area (Å²) in [5.41, 5.74) is 11.8. The molecule has 0 aliphatic carbocycles. The van der Waals surface area contributed by atoms with Gasteiger partial charge in [0.15, 0.2) is 0 Å². The summed E-state index contributed by atoms with van der Waals surface area (Å²) in [7, 11) is -8.42. The summed E-state index contributed by atoms with van der Waals surface area (Å²) in [6, 6.07) is 8.35. The number of carbonyl (C=O) groups is 2. The molecule has 8 N–H and O–H groups in total. The van der Waals surface area contributed by atoms with Crippen molar-refractivity contribution in [2.75, 3.05) is 0 Å². The van der Waals surface area contributed by atoms with Crippen LogP contribution in [0.5, 0.6) is 0 Å². The third-order valence-corrected chi connectivity index (χ3v) is 5.72. The van der Waals surface area contributed by atoms with Crippen molar-refractivity contribution in [1.82, 2.24) is 0 Å². The summed E-state index contributed by atoms with van der Waals surface area (Å²) < 4.78 is 60.3. The molecule has 0 saturated heterocycles. The second kappa shape index (κ2) is 13.5. The first-order chi connectivity index (χ1) is 14.6. The standard InChI is InChI=1S/2C9H11NO5S.Ba.2H/c2*10-8(9(11)12)5-6-1-3-7(4-2-6)16(13,14)15;;;/h2*1-4,8H,5,10H2,(H,11,12)(H,13,14,15);;;/t2*8-;;;/m00.../s1. The Hall–Kier alpha value is -1.31. The SMILES string of the molecule is N[C@@H](Cc1ccc(S(=O)(=O)O)cc1)C(=O)O.N[C@@H](Cc1ccc(S(=O)(=O)O)cc1)C(=O)O.[BaH2]. The average molecular weight is 630 g/mol. The van der Waals surface area contributed by atoms with Gasteiger partial charge in [-0.15, -0.1) is 0 Å². The van der Waals surface area contributed by atoms with Crippen molar-refractivity contribution in [3.63, 3.8) is 0 Å². The van der Waals surface area contributed by atoms with Crippen LogP contribution in [0.2, 0.25) is 0 Å². The van der Waals surface area contributed by atoms with Crippen LogP contribution in [0, 0.1) is 0 Å². The minimum absolute atomic E-state index is 0. The monoisotopic (exact) mass is 630 g/mol. The Bertz CT molecular complexity index is 1060. The molecule has 2 rings (SSSR count). The number of aliphatic carboxylic acids is 2. The Morgan fingerprint density at radius 3 is 1.09 bits per heavy atom. The molecule has 180 valence electrons. The van der Waals surface area contributed by atoms with Gasteiger partial charge in [0.05, 0.1) is 9.79 Å². The molecule has 12 nitrogen and oxygen atoms in total. The van der Waals surface area contributed by atoms with Crippen LogP contribution in [0.3, 0.4) is 0 Å². The van der Waals surface area contributed by atoms with E-state index in [0.717, 1.165) is 0 Å². The average Bonchev–Trinajstić information content (AvgIpc) is 2.67. The minimum atomic E-state index is -4.21. The summed E-state index contributed by atoms with van der Waals surface area (Å²) in [6.45, 7) is 0. The zero-order valence-corrected chi connectivity index (χ0v) is 18.0. The van der Waals surface area contributed by atoms with Crippen LogP contribution < -0.4 is 11.5 Å². The Balaban J connectivity index is 0.000000602. The van der Waals surface area contributed by atoms with E-state index in [-0.39, 0.29) is 71.5 Å². The van der Waals surface area contributed by atoms with E-state index >= 15 is 0 Å². The molecule has 0 amide bonds. The quantitative estimate of drug-likeness (QED) is 0.150. The zero-order valence-electron chi connectivity index (χ0n) is 16.4. The molecular weight excluding hydrogens is 606 g/mol. The van der Waals surface area contributed by atoms with Crippen LogP contribution in [-0.4, -0.2) is 109 Å². The molecule has 2 aromatic carbocycles. The first-order valence-corrected chi connectivity index (χ1v) is 11.6. The molecule has 0 radical (unpaired) electrons. The predicted octanol–water partition coefficient (Wildman–Crippen LogP) is -1.14. The van der Waals surface area contributed by atoms with Gasteiger partial charge < -0.3 is 21.7 Å². The molecule has 2 aromatic rings. The van der Waals surface area contributed by atoms with E-state index in [1.807, 2.05) is 0 Å². The van der Waals surface area contributed by atoms with Gasteiger partial charge in [0.2, 0.25) is 0 Å². The van der Waals surface area contributed by atoms with E-state index in [9.17, 15) is 26.4 Å². The molecule has 0 fully saturated rings. The fourth-order valence-electron chi connectivity index (χ4n) is 2.28. The number of nitrogens with two attached hydrogens (primary N) is 2. The zero-order chi connectivity index (χ0) is 24.7. The van der Waals surface area contributed by atoms with Crippen LogP contribution in [0.25, 0.3) is 0 Å². The van der Waals surface area contributed by atoms with Gasteiger partial charge in [0.1, 0.15) is 12.1 Å². The molecule has 0 saturated carbocycles. The van der Waals surface area contributed by atoms with Crippen molar-refractivity contribution in [2.45, 2.75) is 34.7 Å². The summed E-state index contributed by atoms with van der Waals surface area (Å²) in [6.07, 6.45) is 0.197. The third-order valence-electron chi connectivity index (χ3n) is 3.99. The number of rotatable bonds is 8. The third kappa shape index (κ3) is 11.6. The van der Waals surface area contributed by atoms with E-state index in [4.69, 9.17) is 30.8 Å². The van der Waals surface area contributed by atoms with E-state index < -0.39 is 44.3 Å². The fourth-order valence-corrected chi connectivity index (χ4v) is 3.24. The Morgan fingerprint density at radius 1 is 0.667 bits per heavy atom. The van der Waals surface area contributed by atoms with Gasteiger partial charge in [-0.05, 0) is 48.2 Å². The predicted molar refractivity (Wildman–Crippen MR) is 120 cm³/mol. The first-order valence-electron chi connectivity index (χ1n) is 8.71. The van der Waals surface area contributed by atoms with Crippen molar-refractivity contribution in [2.24, 2.45) is 11.5 Å². The van der Waals surface area contributed by atoms with E-state index in [2.05, 4.69) is 0 Å². The van der Waals surface area contributed by atoms with E-state index in [0.29, 0.717) is 11.1 Å². The Labute approximate surface area is 230 Å². The van der Waals surface area contributed by atoms with Gasteiger partial charge in [-0.25, -0.2) is 0 Å². The maximum atomic E-state index is 10.7. The van der Waals surface area contributed by atoms with Crippen LogP contribution >= 0.6 is 0 Å². The van der Waals surface area contributed by atoms with Crippen molar-refractivity contribution >= 4 is 81.1 Å². The van der Waals surface area contributed by atoms with Crippen LogP contribution in [0.1, 0.15) is 11.1 Å². The number of carboxylic acid groups (broad SMARTS) is 2. The molecule has 2 atom stereocenters. The van der Waals surface area contributed by atoms with E-state index in [1.165, 1.54) is 48.5 Å². The second-order valence-electron chi connectivity index (χ2n) is 6.54. The van der Waals surface area contributed by atoms with Crippen molar-refractivity contribution in [3.8, 4) is 0 Å². The molecule has 0 heterocycles. The molecule has 0 spiro atoms. The second-order valence-corrected chi connectivity index (χ2v) is 9.38. The van der Waals surface area contributed by atoms with E-state index in [1.54, 1.807) is 0 Å². The number of benzene rings is 2. The van der Waals surface area contributed by atoms with Crippen molar-refractivity contribution in [1.29, 1.82) is 0 Å². The molecule has 0 aliphatic rings. The number of hydrogen-bond donors (Lipinski definition) is 6. The molecule has 33 heavy (non-hydrogen) atoms. The summed E-state index contributed by atoms with van der Waals surface area (Å²) >= 11 is 0. The number of carboxylic acids is 2. The normalized spacial score (nSPS) is 13.0. The molecular formula is C18H24BaN2O10S2. The van der Waals surface area contributed by atoms with Gasteiger partial charge >= 0.3 is 60.8 Å². The molecule has 0 aliphatic heterocycles. The molecule has 0 bridgehead atoms. The molecule has 0 aromatic heterocycles. The van der Waals surface area contributed by atoms with Crippen LogP contribution in [0.15, 0.2) is 58.3 Å². The van der Waals surface area contributed by atoms with Gasteiger partial charge in [0.25, 0.3) is 20.2 Å². The fraction of sp³-hybridized carbons (Fsp3) is 0.222. The first kappa shape index (κ1) is 31.7. The van der Waals surface area contributed by atoms with Gasteiger partial charge in [-0.2, -0.15) is 16.8 Å². The van der Waals surface area contributed by atoms with Gasteiger partial charge in [0, 0.05) is 0 Å². The van der Waals surface area contributed by atoms with Crippen molar-refractivity contribution < 1.29 is 45.7 Å². The molecule has 15 heteroatoms. The maximum absolute atomic E-state index is 10.7. The van der Waals surface area contributed by atoms with Crippen LogP contribution in [0.4, 0.5) is 0 Å².